The van der Waals surface area contributed by atoms with Gasteiger partial charge in [0.25, 0.3) is 0 Å². The Balaban J connectivity index is 2.09. The molecule has 3 heterocycles. The molecule has 3 aromatic rings. The number of aromatic carboxylic acids is 1. The van der Waals surface area contributed by atoms with Gasteiger partial charge in [-0.2, -0.15) is 0 Å². The number of carboxylic acids is 1. The van der Waals surface area contributed by atoms with Crippen LogP contribution < -0.4 is 0 Å². The number of rotatable bonds is 4. The van der Waals surface area contributed by atoms with Gasteiger partial charge >= 0.3 is 5.97 Å². The summed E-state index contributed by atoms with van der Waals surface area (Å²) in [4.78, 5) is 19.6. The first-order valence-electron chi connectivity index (χ1n) is 5.71. The lowest BCUT2D eigenvalue weighted by Gasteiger charge is -2.04. The molecule has 0 atom stereocenters. The second-order valence-corrected chi connectivity index (χ2v) is 4.66. The number of hydrogen-bond donors (Lipinski definition) is 1. The fourth-order valence-electron chi connectivity index (χ4n) is 1.79. The first-order chi connectivity index (χ1) is 9.75. The van der Waals surface area contributed by atoms with Crippen LogP contribution in [0.25, 0.3) is 11.4 Å². The van der Waals surface area contributed by atoms with Crippen molar-refractivity contribution < 1.29 is 9.90 Å². The number of pyridine rings is 1. The molecule has 0 saturated heterocycles. The molecule has 0 fully saturated rings. The van der Waals surface area contributed by atoms with Crippen LogP contribution in [0, 0.1) is 0 Å². The normalized spacial score (nSPS) is 10.6. The maximum atomic E-state index is 11.3. The van der Waals surface area contributed by atoms with Gasteiger partial charge in [0.05, 0.1) is 23.4 Å². The standard InChI is InChI=1S/C12H9N5O2S/c18-12(19)10-11(9-3-1-2-4-13-9)17(16-15-10)5-8-6-20-7-14-8/h1-4,6-7H,5H2,(H,18,19). The lowest BCUT2D eigenvalue weighted by molar-refractivity contribution is 0.0691. The Hall–Kier alpha value is -2.61. The zero-order valence-electron chi connectivity index (χ0n) is 10.2. The SMILES string of the molecule is O=C(O)c1nnn(Cc2cscn2)c1-c1ccccn1. The summed E-state index contributed by atoms with van der Waals surface area (Å²) in [5.74, 6) is -1.13. The highest BCUT2D eigenvalue weighted by Crippen LogP contribution is 2.20. The fraction of sp³-hybridized carbons (Fsp3) is 0.0833. The van der Waals surface area contributed by atoms with E-state index in [0.717, 1.165) is 5.69 Å². The number of carbonyl (C=O) groups is 1. The molecule has 1 N–H and O–H groups in total. The lowest BCUT2D eigenvalue weighted by atomic mass is 10.2. The highest BCUT2D eigenvalue weighted by atomic mass is 32.1. The summed E-state index contributed by atoms with van der Waals surface area (Å²) >= 11 is 1.47. The monoisotopic (exact) mass is 287 g/mol. The molecule has 0 aromatic carbocycles. The lowest BCUT2D eigenvalue weighted by Crippen LogP contribution is -2.07. The van der Waals surface area contributed by atoms with Gasteiger partial charge in [-0.3, -0.25) is 4.98 Å². The van der Waals surface area contributed by atoms with Gasteiger partial charge in [-0.25, -0.2) is 14.5 Å². The van der Waals surface area contributed by atoms with Crippen molar-refractivity contribution in [3.63, 3.8) is 0 Å². The van der Waals surface area contributed by atoms with Gasteiger partial charge in [-0.05, 0) is 12.1 Å². The summed E-state index contributed by atoms with van der Waals surface area (Å²) in [6.07, 6.45) is 1.60. The number of hydrogen-bond acceptors (Lipinski definition) is 6. The van der Waals surface area contributed by atoms with Crippen LogP contribution in [0.5, 0.6) is 0 Å². The second kappa shape index (κ2) is 5.17. The molecule has 0 unspecified atom stereocenters. The minimum atomic E-state index is -1.13. The van der Waals surface area contributed by atoms with E-state index in [2.05, 4.69) is 20.3 Å². The van der Waals surface area contributed by atoms with Crippen molar-refractivity contribution in [2.75, 3.05) is 0 Å². The first kappa shape index (κ1) is 12.4. The van der Waals surface area contributed by atoms with Gasteiger partial charge in [-0.1, -0.05) is 11.3 Å². The van der Waals surface area contributed by atoms with Gasteiger partial charge in [0.15, 0.2) is 5.69 Å². The third-order valence-corrected chi connectivity index (χ3v) is 3.28. The Morgan fingerprint density at radius 1 is 1.35 bits per heavy atom. The van der Waals surface area contributed by atoms with Crippen LogP contribution in [0.4, 0.5) is 0 Å². The summed E-state index contributed by atoms with van der Waals surface area (Å²) in [6, 6.07) is 5.27. The molecule has 0 bridgehead atoms. The summed E-state index contributed by atoms with van der Waals surface area (Å²) in [6.45, 7) is 0.357. The Morgan fingerprint density at radius 3 is 2.90 bits per heavy atom. The van der Waals surface area contributed by atoms with Crippen LogP contribution in [0.15, 0.2) is 35.3 Å². The molecule has 0 aliphatic heterocycles. The molecule has 0 amide bonds. The molecule has 8 heteroatoms. The average molecular weight is 287 g/mol. The van der Waals surface area contributed by atoms with E-state index >= 15 is 0 Å². The van der Waals surface area contributed by atoms with E-state index in [4.69, 9.17) is 0 Å². The zero-order valence-corrected chi connectivity index (χ0v) is 11.0. The number of thiazole rings is 1. The van der Waals surface area contributed by atoms with Crippen LogP contribution in [0.1, 0.15) is 16.2 Å². The van der Waals surface area contributed by atoms with Crippen molar-refractivity contribution in [1.82, 2.24) is 25.0 Å². The first-order valence-corrected chi connectivity index (χ1v) is 6.65. The van der Waals surface area contributed by atoms with E-state index in [1.807, 2.05) is 5.38 Å². The molecular formula is C12H9N5O2S. The van der Waals surface area contributed by atoms with E-state index in [1.54, 1.807) is 29.9 Å². The van der Waals surface area contributed by atoms with Gasteiger partial charge in [0.2, 0.25) is 0 Å². The molecule has 0 aliphatic carbocycles. The minimum Gasteiger partial charge on any atom is -0.476 e. The molecule has 0 spiro atoms. The largest absolute Gasteiger partial charge is 0.476 e. The van der Waals surface area contributed by atoms with Gasteiger partial charge in [0, 0.05) is 11.6 Å². The fourth-order valence-corrected chi connectivity index (χ4v) is 2.34. The Morgan fingerprint density at radius 2 is 2.25 bits per heavy atom. The zero-order chi connectivity index (χ0) is 13.9. The van der Waals surface area contributed by atoms with Gasteiger partial charge in [-0.15, -0.1) is 16.4 Å². The Labute approximate surface area is 117 Å². The average Bonchev–Trinajstić information content (AvgIpc) is 3.09. The summed E-state index contributed by atoms with van der Waals surface area (Å²) < 4.78 is 1.50. The summed E-state index contributed by atoms with van der Waals surface area (Å²) in [5.41, 5.74) is 3.30. The van der Waals surface area contributed by atoms with Crippen LogP contribution in [0.3, 0.4) is 0 Å². The number of nitrogens with zero attached hydrogens (tertiary/aromatic N) is 5. The molecule has 0 saturated carbocycles. The van der Waals surface area contributed by atoms with E-state index in [-0.39, 0.29) is 5.69 Å². The van der Waals surface area contributed by atoms with E-state index in [1.165, 1.54) is 16.0 Å². The minimum absolute atomic E-state index is 0.112. The third kappa shape index (κ3) is 2.28. The van der Waals surface area contributed by atoms with E-state index in [0.29, 0.717) is 17.9 Å². The molecule has 20 heavy (non-hydrogen) atoms. The smallest absolute Gasteiger partial charge is 0.358 e. The second-order valence-electron chi connectivity index (χ2n) is 3.94. The molecule has 100 valence electrons. The summed E-state index contributed by atoms with van der Waals surface area (Å²) in [7, 11) is 0. The molecule has 3 aromatic heterocycles. The van der Waals surface area contributed by atoms with Crippen molar-refractivity contribution in [3.05, 3.63) is 46.7 Å². The van der Waals surface area contributed by atoms with E-state index in [9.17, 15) is 9.90 Å². The highest BCUT2D eigenvalue weighted by Gasteiger charge is 2.21. The molecule has 0 aliphatic rings. The maximum absolute atomic E-state index is 11.3. The van der Waals surface area contributed by atoms with Crippen molar-refractivity contribution in [2.45, 2.75) is 6.54 Å². The Kier molecular flexibility index (Phi) is 3.21. The topological polar surface area (TPSA) is 93.8 Å². The predicted molar refractivity (Wildman–Crippen MR) is 71.4 cm³/mol. The van der Waals surface area contributed by atoms with Crippen LogP contribution in [0.2, 0.25) is 0 Å². The van der Waals surface area contributed by atoms with Crippen molar-refractivity contribution in [1.29, 1.82) is 0 Å². The van der Waals surface area contributed by atoms with Crippen LogP contribution in [-0.4, -0.2) is 36.0 Å². The number of carboxylic acid groups (broad SMARTS) is 1. The van der Waals surface area contributed by atoms with Crippen molar-refractivity contribution in [2.24, 2.45) is 0 Å². The summed E-state index contributed by atoms with van der Waals surface area (Å²) in [5, 5.41) is 18.7. The molecular weight excluding hydrogens is 278 g/mol. The van der Waals surface area contributed by atoms with E-state index < -0.39 is 5.97 Å². The number of aromatic nitrogens is 5. The Bertz CT molecular complexity index is 724. The van der Waals surface area contributed by atoms with Crippen LogP contribution in [-0.2, 0) is 6.54 Å². The molecule has 3 rings (SSSR count). The van der Waals surface area contributed by atoms with Crippen molar-refractivity contribution in [3.8, 4) is 11.4 Å². The van der Waals surface area contributed by atoms with Crippen LogP contribution >= 0.6 is 11.3 Å². The van der Waals surface area contributed by atoms with Gasteiger partial charge < -0.3 is 5.11 Å². The predicted octanol–water partition coefficient (Wildman–Crippen LogP) is 1.54. The van der Waals surface area contributed by atoms with Gasteiger partial charge in [0.1, 0.15) is 5.69 Å². The maximum Gasteiger partial charge on any atom is 0.358 e. The molecule has 7 nitrogen and oxygen atoms in total. The van der Waals surface area contributed by atoms with Crippen molar-refractivity contribution >= 4 is 17.3 Å². The third-order valence-electron chi connectivity index (χ3n) is 2.64. The highest BCUT2D eigenvalue weighted by molar-refractivity contribution is 7.07. The quantitative estimate of drug-likeness (QED) is 0.782. The molecule has 0 radical (unpaired) electrons.